The molecule has 2 N–H and O–H groups in total. The quantitative estimate of drug-likeness (QED) is 0.483. The van der Waals surface area contributed by atoms with Crippen molar-refractivity contribution in [3.05, 3.63) is 46.1 Å². The molecule has 0 aromatic carbocycles. The van der Waals surface area contributed by atoms with Crippen LogP contribution in [0.1, 0.15) is 37.0 Å². The molecule has 3 aromatic rings. The Morgan fingerprint density at radius 1 is 1.20 bits per heavy atom. The van der Waals surface area contributed by atoms with Gasteiger partial charge < -0.3 is 5.32 Å². The fourth-order valence-electron chi connectivity index (χ4n) is 3.58. The third kappa shape index (κ3) is 4.46. The van der Waals surface area contributed by atoms with Crippen molar-refractivity contribution in [3.63, 3.8) is 0 Å². The van der Waals surface area contributed by atoms with Gasteiger partial charge in [0.15, 0.2) is 10.8 Å². The Hall–Kier alpha value is -3.16. The Bertz CT molecular complexity index is 1330. The van der Waals surface area contributed by atoms with Crippen molar-refractivity contribution in [3.8, 4) is 0 Å². The third-order valence-electron chi connectivity index (χ3n) is 5.29. The van der Waals surface area contributed by atoms with Gasteiger partial charge in [-0.05, 0) is 26.8 Å². The van der Waals surface area contributed by atoms with Crippen LogP contribution in [0.2, 0.25) is 10.2 Å². The number of anilines is 2. The number of nitrogens with one attached hydrogen (secondary N) is 2. The van der Waals surface area contributed by atoms with Gasteiger partial charge in [0.25, 0.3) is 5.91 Å². The molecule has 0 bridgehead atoms. The first kappa shape index (κ1) is 24.9. The maximum Gasteiger partial charge on any atom is 0.401 e. The average Bonchev–Trinajstić information content (AvgIpc) is 3.29. The number of hydrogen-bond donors (Lipinski definition) is 2. The topological polar surface area (TPSA) is 114 Å². The van der Waals surface area contributed by atoms with Crippen molar-refractivity contribution >= 4 is 52.2 Å². The molecule has 0 saturated carbocycles. The Morgan fingerprint density at radius 3 is 2.54 bits per heavy atom. The summed E-state index contributed by atoms with van der Waals surface area (Å²) in [6.45, 7) is 3.65. The molecular formula is C20H18Cl2F3N7O3. The van der Waals surface area contributed by atoms with E-state index in [-0.39, 0.29) is 44.7 Å². The lowest BCUT2D eigenvalue weighted by molar-refractivity contribution is -0.181. The SMILES string of the molecule is CC(C)ONC(=O)c1ncc(NC(=O)N2C[C@@](C)(C(F)(F)F)c3c2cnc2cc(Cl)nn32)cc1Cl. The van der Waals surface area contributed by atoms with Crippen LogP contribution in [0.4, 0.5) is 29.3 Å². The molecule has 4 rings (SSSR count). The van der Waals surface area contributed by atoms with Gasteiger partial charge in [0, 0.05) is 12.6 Å². The standard InChI is InChI=1S/C20H18Cl2F3N7O3/c1-9(2)35-30-17(33)15-11(21)4-10(6-27-15)28-18(34)31-8-19(3,20(23,24)25)16-12(31)7-26-14-5-13(22)29-32(14)16/h4-7,9H,8H2,1-3H3,(H,28,34)(H,30,33)/t19-/m1/s1. The molecule has 35 heavy (non-hydrogen) atoms. The maximum absolute atomic E-state index is 14.2. The molecule has 0 fully saturated rings. The minimum Gasteiger partial charge on any atom is -0.306 e. The van der Waals surface area contributed by atoms with E-state index < -0.39 is 30.1 Å². The lowest BCUT2D eigenvalue weighted by Crippen LogP contribution is -2.46. The number of nitrogens with zero attached hydrogens (tertiary/aromatic N) is 5. The van der Waals surface area contributed by atoms with Gasteiger partial charge in [-0.2, -0.15) is 18.3 Å². The molecule has 1 aliphatic heterocycles. The number of pyridine rings is 1. The number of alkyl halides is 3. The largest absolute Gasteiger partial charge is 0.401 e. The molecule has 0 saturated heterocycles. The molecule has 0 spiro atoms. The van der Waals surface area contributed by atoms with Crippen molar-refractivity contribution in [2.75, 3.05) is 16.8 Å². The monoisotopic (exact) mass is 531 g/mol. The summed E-state index contributed by atoms with van der Waals surface area (Å²) >= 11 is 12.0. The molecule has 4 heterocycles. The van der Waals surface area contributed by atoms with Crippen LogP contribution in [0.15, 0.2) is 24.5 Å². The smallest absolute Gasteiger partial charge is 0.306 e. The molecule has 15 heteroatoms. The highest BCUT2D eigenvalue weighted by molar-refractivity contribution is 6.33. The van der Waals surface area contributed by atoms with Gasteiger partial charge in [0.1, 0.15) is 11.1 Å². The Balaban J connectivity index is 1.63. The zero-order valence-electron chi connectivity index (χ0n) is 18.4. The first-order valence-corrected chi connectivity index (χ1v) is 10.9. The van der Waals surface area contributed by atoms with Gasteiger partial charge in [-0.15, -0.1) is 0 Å². The molecule has 186 valence electrons. The average molecular weight is 532 g/mol. The van der Waals surface area contributed by atoms with Gasteiger partial charge in [0.05, 0.1) is 40.6 Å². The van der Waals surface area contributed by atoms with E-state index in [0.717, 1.165) is 28.7 Å². The summed E-state index contributed by atoms with van der Waals surface area (Å²) in [7, 11) is 0. The van der Waals surface area contributed by atoms with Crippen molar-refractivity contribution in [2.24, 2.45) is 0 Å². The fourth-order valence-corrected chi connectivity index (χ4v) is 4.00. The predicted octanol–water partition coefficient (Wildman–Crippen LogP) is 4.37. The normalized spacial score (nSPS) is 17.7. The number of hydroxylamine groups is 1. The number of hydrogen-bond acceptors (Lipinski definition) is 6. The van der Waals surface area contributed by atoms with Crippen molar-refractivity contribution < 1.29 is 27.6 Å². The number of rotatable bonds is 4. The lowest BCUT2D eigenvalue weighted by atomic mass is 9.88. The molecule has 1 atom stereocenters. The van der Waals surface area contributed by atoms with Crippen molar-refractivity contribution in [2.45, 2.75) is 38.5 Å². The van der Waals surface area contributed by atoms with E-state index in [2.05, 4.69) is 25.9 Å². The van der Waals surface area contributed by atoms with Gasteiger partial charge in [-0.3, -0.25) is 14.5 Å². The highest BCUT2D eigenvalue weighted by Gasteiger charge is 2.60. The van der Waals surface area contributed by atoms with E-state index in [1.54, 1.807) is 13.8 Å². The Morgan fingerprint density at radius 2 is 1.91 bits per heavy atom. The van der Waals surface area contributed by atoms with E-state index in [1.807, 2.05) is 0 Å². The number of carbonyl (C=O) groups excluding carboxylic acids is 2. The summed E-state index contributed by atoms with van der Waals surface area (Å²) in [5.41, 5.74) is -0.631. The minimum absolute atomic E-state index is 0.0398. The van der Waals surface area contributed by atoms with Gasteiger partial charge >= 0.3 is 12.2 Å². The van der Waals surface area contributed by atoms with E-state index in [1.165, 1.54) is 12.1 Å². The molecule has 10 nitrogen and oxygen atoms in total. The van der Waals surface area contributed by atoms with Crippen LogP contribution in [0.5, 0.6) is 0 Å². The number of aromatic nitrogens is 4. The van der Waals surface area contributed by atoms with E-state index in [4.69, 9.17) is 28.0 Å². The predicted molar refractivity (Wildman–Crippen MR) is 121 cm³/mol. The molecule has 3 aromatic heterocycles. The molecular weight excluding hydrogens is 514 g/mol. The molecule has 1 aliphatic rings. The number of amides is 3. The van der Waals surface area contributed by atoms with Crippen LogP contribution < -0.4 is 15.7 Å². The molecule has 0 radical (unpaired) electrons. The van der Waals surface area contributed by atoms with Gasteiger partial charge in [-0.25, -0.2) is 24.8 Å². The summed E-state index contributed by atoms with van der Waals surface area (Å²) in [5, 5.41) is 6.22. The molecule has 0 aliphatic carbocycles. The minimum atomic E-state index is -4.72. The number of halogens is 5. The van der Waals surface area contributed by atoms with Crippen molar-refractivity contribution in [1.29, 1.82) is 0 Å². The second kappa shape index (κ2) is 8.81. The summed E-state index contributed by atoms with van der Waals surface area (Å²) in [4.78, 5) is 39.0. The van der Waals surface area contributed by atoms with Crippen LogP contribution in [0.3, 0.4) is 0 Å². The summed E-state index contributed by atoms with van der Waals surface area (Å²) in [6, 6.07) is 1.67. The van der Waals surface area contributed by atoms with E-state index >= 15 is 0 Å². The van der Waals surface area contributed by atoms with Crippen LogP contribution in [0, 0.1) is 0 Å². The van der Waals surface area contributed by atoms with Crippen molar-refractivity contribution in [1.82, 2.24) is 25.1 Å². The second-order valence-electron chi connectivity index (χ2n) is 8.23. The lowest BCUT2D eigenvalue weighted by Gasteiger charge is -2.28. The zero-order chi connectivity index (χ0) is 25.7. The molecule has 0 unspecified atom stereocenters. The first-order valence-electron chi connectivity index (χ1n) is 10.1. The highest BCUT2D eigenvalue weighted by Crippen LogP contribution is 2.50. The Labute approximate surface area is 206 Å². The Kier molecular flexibility index (Phi) is 6.28. The van der Waals surface area contributed by atoms with Gasteiger partial charge in [0.2, 0.25) is 0 Å². The summed E-state index contributed by atoms with van der Waals surface area (Å²) in [6.07, 6.45) is -2.70. The van der Waals surface area contributed by atoms with Crippen LogP contribution in [-0.4, -0.2) is 50.3 Å². The van der Waals surface area contributed by atoms with Crippen LogP contribution in [0.25, 0.3) is 5.65 Å². The fraction of sp³-hybridized carbons (Fsp3) is 0.350. The molecule has 3 amide bonds. The highest BCUT2D eigenvalue weighted by atomic mass is 35.5. The summed E-state index contributed by atoms with van der Waals surface area (Å²) in [5.74, 6) is -0.705. The van der Waals surface area contributed by atoms with Gasteiger partial charge in [-0.1, -0.05) is 23.2 Å². The van der Waals surface area contributed by atoms with Crippen LogP contribution in [-0.2, 0) is 10.3 Å². The third-order valence-corrected chi connectivity index (χ3v) is 5.76. The van der Waals surface area contributed by atoms with Crippen LogP contribution >= 0.6 is 23.2 Å². The van der Waals surface area contributed by atoms with E-state index in [0.29, 0.717) is 0 Å². The first-order chi connectivity index (χ1) is 16.3. The number of fused-ring (bicyclic) bond motifs is 3. The number of urea groups is 1. The summed E-state index contributed by atoms with van der Waals surface area (Å²) < 4.78 is 43.5. The van der Waals surface area contributed by atoms with E-state index in [9.17, 15) is 22.8 Å². The maximum atomic E-state index is 14.2. The second-order valence-corrected chi connectivity index (χ2v) is 9.02. The number of carbonyl (C=O) groups is 2. The zero-order valence-corrected chi connectivity index (χ0v) is 20.0.